The molecule has 10 nitrogen and oxygen atoms in total. The predicted octanol–water partition coefficient (Wildman–Crippen LogP) is 5.55. The number of carbonyl (C=O) groups is 2. The molecule has 3 aromatic rings. The summed E-state index contributed by atoms with van der Waals surface area (Å²) in [6, 6.07) is 14.3. The van der Waals surface area contributed by atoms with Gasteiger partial charge in [0.15, 0.2) is 11.5 Å². The molecule has 2 amide bonds. The summed E-state index contributed by atoms with van der Waals surface area (Å²) in [6.07, 6.45) is 0.687. The first kappa shape index (κ1) is 34.8. The van der Waals surface area contributed by atoms with Crippen molar-refractivity contribution in [3.63, 3.8) is 0 Å². The van der Waals surface area contributed by atoms with Gasteiger partial charge in [0.2, 0.25) is 11.8 Å². The Hall–Kier alpha value is -3.67. The van der Waals surface area contributed by atoms with Crippen molar-refractivity contribution >= 4 is 50.7 Å². The first-order valence-corrected chi connectivity index (χ1v) is 16.0. The molecule has 44 heavy (non-hydrogen) atoms. The van der Waals surface area contributed by atoms with E-state index in [0.717, 1.165) is 4.31 Å². The van der Waals surface area contributed by atoms with Crippen LogP contribution in [0.3, 0.4) is 0 Å². The maximum atomic E-state index is 14.3. The van der Waals surface area contributed by atoms with Crippen molar-refractivity contribution in [2.75, 3.05) is 32.2 Å². The number of rotatable bonds is 14. The molecule has 1 N–H and O–H groups in total. The van der Waals surface area contributed by atoms with Crippen LogP contribution in [0.15, 0.2) is 65.6 Å². The highest BCUT2D eigenvalue weighted by Crippen LogP contribution is 2.37. The summed E-state index contributed by atoms with van der Waals surface area (Å²) in [5.74, 6) is -0.374. The van der Waals surface area contributed by atoms with Crippen LogP contribution in [-0.2, 0) is 26.2 Å². The molecule has 0 heterocycles. The number of anilines is 1. The van der Waals surface area contributed by atoms with Gasteiger partial charge in [-0.05, 0) is 68.3 Å². The second-order valence-electron chi connectivity index (χ2n) is 9.99. The van der Waals surface area contributed by atoms with Crippen LogP contribution in [-0.4, -0.2) is 65.1 Å². The van der Waals surface area contributed by atoms with E-state index in [4.69, 9.17) is 37.4 Å². The van der Waals surface area contributed by atoms with Crippen LogP contribution < -0.4 is 23.8 Å². The van der Waals surface area contributed by atoms with Crippen LogP contribution >= 0.6 is 23.2 Å². The van der Waals surface area contributed by atoms with E-state index in [1.165, 1.54) is 56.6 Å². The van der Waals surface area contributed by atoms with E-state index in [1.807, 2.05) is 13.8 Å². The first-order valence-electron chi connectivity index (χ1n) is 13.8. The molecule has 2 atom stereocenters. The van der Waals surface area contributed by atoms with Crippen LogP contribution in [0.25, 0.3) is 0 Å². The smallest absolute Gasteiger partial charge is 0.265 e. The zero-order valence-corrected chi connectivity index (χ0v) is 27.8. The minimum atomic E-state index is -4.45. The van der Waals surface area contributed by atoms with Gasteiger partial charge in [-0.3, -0.25) is 13.9 Å². The molecule has 0 saturated heterocycles. The third-order valence-electron chi connectivity index (χ3n) is 7.04. The average Bonchev–Trinajstić information content (AvgIpc) is 3.01. The highest BCUT2D eigenvalue weighted by atomic mass is 35.5. The van der Waals surface area contributed by atoms with Gasteiger partial charge < -0.3 is 24.4 Å². The number of amides is 2. The molecule has 0 aromatic heterocycles. The zero-order chi connectivity index (χ0) is 32.6. The Morgan fingerprint density at radius 2 is 1.50 bits per heavy atom. The summed E-state index contributed by atoms with van der Waals surface area (Å²) >= 11 is 12.5. The van der Waals surface area contributed by atoms with E-state index in [0.29, 0.717) is 22.8 Å². The molecule has 0 aliphatic rings. The molecule has 0 aliphatic carbocycles. The number of nitrogens with zero attached hydrogens (tertiary/aromatic N) is 2. The van der Waals surface area contributed by atoms with E-state index in [-0.39, 0.29) is 45.6 Å². The fourth-order valence-electron chi connectivity index (χ4n) is 4.36. The second-order valence-corrected chi connectivity index (χ2v) is 12.7. The third-order valence-corrected chi connectivity index (χ3v) is 9.27. The first-order chi connectivity index (χ1) is 20.9. The molecule has 13 heteroatoms. The molecule has 0 unspecified atom stereocenters. The average molecular weight is 667 g/mol. The lowest BCUT2D eigenvalue weighted by atomic mass is 10.1. The fraction of sp³-hybridized carbons (Fsp3) is 0.355. The van der Waals surface area contributed by atoms with Crippen LogP contribution in [0.4, 0.5) is 5.69 Å². The molecule has 0 saturated carbocycles. The Labute approximate surface area is 268 Å². The number of hydrogen-bond donors (Lipinski definition) is 1. The number of sulfonamides is 1. The maximum absolute atomic E-state index is 14.3. The largest absolute Gasteiger partial charge is 0.495 e. The molecule has 3 aromatic carbocycles. The molecule has 0 radical (unpaired) electrons. The van der Waals surface area contributed by atoms with Crippen molar-refractivity contribution in [3.8, 4) is 17.2 Å². The summed E-state index contributed by atoms with van der Waals surface area (Å²) in [5, 5.41) is 3.57. The molecule has 3 rings (SSSR count). The standard InChI is InChI=1S/C31H37Cl2N3O7S/c1-7-20(2)34-31(38)21(3)35(18-22-9-8-10-23(32)15-22)30(37)19-36(26-16-24(33)11-13-27(26)41-4)44(39,40)25-12-14-28(42-5)29(17-25)43-6/h8-17,20-21H,7,18-19H2,1-6H3,(H,34,38)/t20-,21-/m0/s1. The Bertz CT molecular complexity index is 1590. The minimum absolute atomic E-state index is 0.00852. The highest BCUT2D eigenvalue weighted by molar-refractivity contribution is 7.92. The van der Waals surface area contributed by atoms with Gasteiger partial charge in [-0.1, -0.05) is 42.3 Å². The molecule has 0 bridgehead atoms. The van der Waals surface area contributed by atoms with Crippen LogP contribution in [0.5, 0.6) is 17.2 Å². The van der Waals surface area contributed by atoms with Crippen molar-refractivity contribution < 1.29 is 32.2 Å². The SMILES string of the molecule is CC[C@H](C)NC(=O)[C@H](C)N(Cc1cccc(Cl)c1)C(=O)CN(c1cc(Cl)ccc1OC)S(=O)(=O)c1ccc(OC)c(OC)c1. The molecule has 0 aliphatic heterocycles. The van der Waals surface area contributed by atoms with E-state index >= 15 is 0 Å². The van der Waals surface area contributed by atoms with Gasteiger partial charge in [0.25, 0.3) is 10.0 Å². The number of ether oxygens (including phenoxy) is 3. The molecular weight excluding hydrogens is 629 g/mol. The lowest BCUT2D eigenvalue weighted by Crippen LogP contribution is -2.52. The summed E-state index contributed by atoms with van der Waals surface area (Å²) in [7, 11) is -0.255. The van der Waals surface area contributed by atoms with Crippen molar-refractivity contribution in [3.05, 3.63) is 76.3 Å². The Morgan fingerprint density at radius 1 is 0.864 bits per heavy atom. The summed E-state index contributed by atoms with van der Waals surface area (Å²) in [4.78, 5) is 28.6. The zero-order valence-electron chi connectivity index (χ0n) is 25.5. The maximum Gasteiger partial charge on any atom is 0.265 e. The molecule has 238 valence electrons. The normalized spacial score (nSPS) is 12.5. The van der Waals surface area contributed by atoms with Crippen molar-refractivity contribution in [1.82, 2.24) is 10.2 Å². The van der Waals surface area contributed by atoms with Gasteiger partial charge in [-0.2, -0.15) is 0 Å². The lowest BCUT2D eigenvalue weighted by molar-refractivity contribution is -0.139. The number of carbonyl (C=O) groups excluding carboxylic acids is 2. The number of methoxy groups -OCH3 is 3. The van der Waals surface area contributed by atoms with Crippen LogP contribution in [0.2, 0.25) is 10.0 Å². The number of benzene rings is 3. The van der Waals surface area contributed by atoms with Gasteiger partial charge in [0.05, 0.1) is 31.9 Å². The van der Waals surface area contributed by atoms with E-state index in [1.54, 1.807) is 37.3 Å². The molecule has 0 spiro atoms. The quantitative estimate of drug-likeness (QED) is 0.240. The number of hydrogen-bond acceptors (Lipinski definition) is 7. The Balaban J connectivity index is 2.15. The van der Waals surface area contributed by atoms with Crippen LogP contribution in [0.1, 0.15) is 32.8 Å². The van der Waals surface area contributed by atoms with Gasteiger partial charge >= 0.3 is 0 Å². The van der Waals surface area contributed by atoms with E-state index < -0.39 is 28.5 Å². The summed E-state index contributed by atoms with van der Waals surface area (Å²) in [5.41, 5.74) is 0.686. The lowest BCUT2D eigenvalue weighted by Gasteiger charge is -2.33. The van der Waals surface area contributed by atoms with E-state index in [2.05, 4.69) is 5.32 Å². The fourth-order valence-corrected chi connectivity index (χ4v) is 6.17. The number of nitrogens with one attached hydrogen (secondary N) is 1. The van der Waals surface area contributed by atoms with Crippen molar-refractivity contribution in [2.45, 2.75) is 50.7 Å². The number of halogens is 2. The second kappa shape index (κ2) is 15.4. The van der Waals surface area contributed by atoms with Gasteiger partial charge in [0.1, 0.15) is 18.3 Å². The van der Waals surface area contributed by atoms with E-state index in [9.17, 15) is 18.0 Å². The van der Waals surface area contributed by atoms with Crippen molar-refractivity contribution in [2.24, 2.45) is 0 Å². The minimum Gasteiger partial charge on any atom is -0.495 e. The highest BCUT2D eigenvalue weighted by Gasteiger charge is 2.34. The van der Waals surface area contributed by atoms with Gasteiger partial charge in [-0.15, -0.1) is 0 Å². The monoisotopic (exact) mass is 665 g/mol. The summed E-state index contributed by atoms with van der Waals surface area (Å²) < 4.78 is 45.6. The van der Waals surface area contributed by atoms with Crippen LogP contribution in [0, 0.1) is 0 Å². The predicted molar refractivity (Wildman–Crippen MR) is 171 cm³/mol. The Morgan fingerprint density at radius 3 is 2.11 bits per heavy atom. The summed E-state index contributed by atoms with van der Waals surface area (Å²) in [6.45, 7) is 4.68. The molecule has 0 fully saturated rings. The third kappa shape index (κ3) is 8.28. The van der Waals surface area contributed by atoms with Gasteiger partial charge in [0, 0.05) is 28.7 Å². The topological polar surface area (TPSA) is 114 Å². The molecular formula is C31H37Cl2N3O7S. The van der Waals surface area contributed by atoms with Crippen molar-refractivity contribution in [1.29, 1.82) is 0 Å². The Kier molecular flexibility index (Phi) is 12.2. The van der Waals surface area contributed by atoms with Gasteiger partial charge in [-0.25, -0.2) is 8.42 Å².